The van der Waals surface area contributed by atoms with Gasteiger partial charge in [-0.2, -0.15) is 0 Å². The number of nitrogens with one attached hydrogen (secondary N) is 1. The minimum atomic E-state index is -0.150. The first-order chi connectivity index (χ1) is 11.2. The fourth-order valence-corrected chi connectivity index (χ4v) is 3.30. The number of thioether (sulfide) groups is 1. The van der Waals surface area contributed by atoms with E-state index < -0.39 is 0 Å². The number of carbonyl (C=O) groups is 1. The molecule has 2 atom stereocenters. The third-order valence-electron chi connectivity index (χ3n) is 3.70. The van der Waals surface area contributed by atoms with Crippen LogP contribution in [0.5, 0.6) is 0 Å². The molecule has 0 radical (unpaired) electrons. The molecular formula is C19H23NO2S. The van der Waals surface area contributed by atoms with Gasteiger partial charge in [0.2, 0.25) is 5.91 Å². The molecule has 3 nitrogen and oxygen atoms in total. The summed E-state index contributed by atoms with van der Waals surface area (Å²) in [5.74, 6) is 0.164. The number of rotatable bonds is 8. The fourth-order valence-electron chi connectivity index (χ4n) is 2.39. The fraction of sp³-hybridized carbons (Fsp3) is 0.316. The Hall–Kier alpha value is -1.78. The zero-order chi connectivity index (χ0) is 16.5. The first-order valence-corrected chi connectivity index (χ1v) is 8.74. The number of amides is 1. The van der Waals surface area contributed by atoms with Gasteiger partial charge >= 0.3 is 0 Å². The van der Waals surface area contributed by atoms with Crippen LogP contribution in [0.1, 0.15) is 24.8 Å². The van der Waals surface area contributed by atoms with Crippen LogP contribution in [0.25, 0.3) is 0 Å². The molecule has 2 N–H and O–H groups in total. The average molecular weight is 329 g/mol. The van der Waals surface area contributed by atoms with Crippen LogP contribution in [-0.4, -0.2) is 29.4 Å². The van der Waals surface area contributed by atoms with Crippen molar-refractivity contribution in [1.29, 1.82) is 0 Å². The molecule has 2 rings (SSSR count). The van der Waals surface area contributed by atoms with Crippen molar-refractivity contribution in [3.8, 4) is 0 Å². The third-order valence-corrected chi connectivity index (χ3v) is 4.81. The SMILES string of the molecule is CC(Sc1ccccc1)C(=O)NCC(CCO)c1ccccc1. The number of carbonyl (C=O) groups excluding carboxylic acids is 1. The second-order valence-corrected chi connectivity index (χ2v) is 6.85. The largest absolute Gasteiger partial charge is 0.396 e. The Morgan fingerprint density at radius 1 is 1.09 bits per heavy atom. The van der Waals surface area contributed by atoms with Gasteiger partial charge in [0.25, 0.3) is 0 Å². The van der Waals surface area contributed by atoms with E-state index in [0.29, 0.717) is 13.0 Å². The zero-order valence-electron chi connectivity index (χ0n) is 13.3. The topological polar surface area (TPSA) is 49.3 Å². The highest BCUT2D eigenvalue weighted by Gasteiger charge is 2.17. The predicted octanol–water partition coefficient (Wildman–Crippen LogP) is 3.45. The van der Waals surface area contributed by atoms with Crippen LogP contribution in [-0.2, 0) is 4.79 Å². The van der Waals surface area contributed by atoms with Gasteiger partial charge in [0.1, 0.15) is 0 Å². The quantitative estimate of drug-likeness (QED) is 0.729. The number of aliphatic hydroxyl groups is 1. The van der Waals surface area contributed by atoms with Crippen LogP contribution in [0.2, 0.25) is 0 Å². The van der Waals surface area contributed by atoms with Gasteiger partial charge in [0.15, 0.2) is 0 Å². The van der Waals surface area contributed by atoms with Crippen molar-refractivity contribution in [1.82, 2.24) is 5.32 Å². The molecule has 0 saturated heterocycles. The van der Waals surface area contributed by atoms with E-state index in [1.54, 1.807) is 11.8 Å². The molecule has 0 saturated carbocycles. The van der Waals surface area contributed by atoms with E-state index in [9.17, 15) is 9.90 Å². The Kier molecular flexibility index (Phi) is 7.17. The minimum Gasteiger partial charge on any atom is -0.396 e. The van der Waals surface area contributed by atoms with E-state index >= 15 is 0 Å². The van der Waals surface area contributed by atoms with Crippen LogP contribution in [0, 0.1) is 0 Å². The summed E-state index contributed by atoms with van der Waals surface area (Å²) in [7, 11) is 0. The number of benzene rings is 2. The van der Waals surface area contributed by atoms with Crippen molar-refractivity contribution in [3.05, 3.63) is 66.2 Å². The molecule has 0 aliphatic heterocycles. The molecule has 0 aromatic heterocycles. The lowest BCUT2D eigenvalue weighted by Gasteiger charge is -2.19. The molecule has 0 spiro atoms. The third kappa shape index (κ3) is 5.73. The maximum atomic E-state index is 12.3. The summed E-state index contributed by atoms with van der Waals surface area (Å²) >= 11 is 1.55. The molecule has 4 heteroatoms. The summed E-state index contributed by atoms with van der Waals surface area (Å²) in [6.07, 6.45) is 0.643. The highest BCUT2D eigenvalue weighted by atomic mass is 32.2. The van der Waals surface area contributed by atoms with E-state index in [4.69, 9.17) is 0 Å². The molecule has 2 aromatic rings. The lowest BCUT2D eigenvalue weighted by atomic mass is 9.96. The molecule has 0 bridgehead atoms. The second-order valence-electron chi connectivity index (χ2n) is 5.44. The van der Waals surface area contributed by atoms with Gasteiger partial charge in [-0.05, 0) is 31.0 Å². The van der Waals surface area contributed by atoms with Gasteiger partial charge in [-0.3, -0.25) is 4.79 Å². The van der Waals surface area contributed by atoms with Crippen LogP contribution >= 0.6 is 11.8 Å². The Morgan fingerprint density at radius 2 is 1.70 bits per heavy atom. The van der Waals surface area contributed by atoms with Crippen molar-refractivity contribution in [2.24, 2.45) is 0 Å². The Bertz CT molecular complexity index is 589. The Morgan fingerprint density at radius 3 is 2.30 bits per heavy atom. The maximum Gasteiger partial charge on any atom is 0.233 e. The summed E-state index contributed by atoms with van der Waals surface area (Å²) in [6, 6.07) is 19.9. The summed E-state index contributed by atoms with van der Waals surface area (Å²) in [4.78, 5) is 13.4. The molecule has 122 valence electrons. The Balaban J connectivity index is 1.88. The first kappa shape index (κ1) is 17.6. The molecule has 0 aliphatic carbocycles. The van der Waals surface area contributed by atoms with Crippen molar-refractivity contribution in [2.75, 3.05) is 13.2 Å². The predicted molar refractivity (Wildman–Crippen MR) is 95.7 cm³/mol. The molecule has 0 fully saturated rings. The van der Waals surface area contributed by atoms with E-state index in [1.165, 1.54) is 0 Å². The maximum absolute atomic E-state index is 12.3. The minimum absolute atomic E-state index is 0.0257. The molecule has 2 unspecified atom stereocenters. The molecule has 0 aliphatic rings. The van der Waals surface area contributed by atoms with Crippen LogP contribution in [0.15, 0.2) is 65.6 Å². The normalized spacial score (nSPS) is 13.3. The van der Waals surface area contributed by atoms with E-state index in [1.807, 2.05) is 67.6 Å². The highest BCUT2D eigenvalue weighted by molar-refractivity contribution is 8.00. The molecule has 23 heavy (non-hydrogen) atoms. The van der Waals surface area contributed by atoms with Crippen LogP contribution in [0.4, 0.5) is 0 Å². The van der Waals surface area contributed by atoms with E-state index in [-0.39, 0.29) is 23.7 Å². The summed E-state index contributed by atoms with van der Waals surface area (Å²) < 4.78 is 0. The summed E-state index contributed by atoms with van der Waals surface area (Å²) in [6.45, 7) is 2.57. The van der Waals surface area contributed by atoms with Crippen LogP contribution < -0.4 is 5.32 Å². The lowest BCUT2D eigenvalue weighted by molar-refractivity contribution is -0.120. The van der Waals surface area contributed by atoms with Gasteiger partial charge in [-0.1, -0.05) is 48.5 Å². The van der Waals surface area contributed by atoms with Crippen molar-refractivity contribution >= 4 is 17.7 Å². The van der Waals surface area contributed by atoms with E-state index in [2.05, 4.69) is 5.32 Å². The van der Waals surface area contributed by atoms with Gasteiger partial charge in [0, 0.05) is 24.0 Å². The molecule has 2 aromatic carbocycles. The lowest BCUT2D eigenvalue weighted by Crippen LogP contribution is -2.34. The Labute approximate surface area is 142 Å². The summed E-state index contributed by atoms with van der Waals surface area (Å²) in [5.41, 5.74) is 1.14. The molecule has 1 amide bonds. The van der Waals surface area contributed by atoms with Crippen molar-refractivity contribution in [2.45, 2.75) is 29.4 Å². The number of hydrogen-bond acceptors (Lipinski definition) is 3. The molecular weight excluding hydrogens is 306 g/mol. The van der Waals surface area contributed by atoms with Gasteiger partial charge in [0.05, 0.1) is 5.25 Å². The van der Waals surface area contributed by atoms with Gasteiger partial charge in [-0.15, -0.1) is 11.8 Å². The number of aliphatic hydroxyl groups excluding tert-OH is 1. The van der Waals surface area contributed by atoms with Gasteiger partial charge in [-0.25, -0.2) is 0 Å². The smallest absolute Gasteiger partial charge is 0.233 e. The first-order valence-electron chi connectivity index (χ1n) is 7.86. The van der Waals surface area contributed by atoms with Crippen LogP contribution in [0.3, 0.4) is 0 Å². The second kappa shape index (κ2) is 9.38. The summed E-state index contributed by atoms with van der Waals surface area (Å²) in [5, 5.41) is 12.1. The standard InChI is InChI=1S/C19H23NO2S/c1-15(23-18-10-6-3-7-11-18)19(22)20-14-17(12-13-21)16-8-4-2-5-9-16/h2-11,15,17,21H,12-14H2,1H3,(H,20,22). The number of hydrogen-bond donors (Lipinski definition) is 2. The zero-order valence-corrected chi connectivity index (χ0v) is 14.1. The highest BCUT2D eigenvalue weighted by Crippen LogP contribution is 2.23. The van der Waals surface area contributed by atoms with Crippen molar-refractivity contribution in [3.63, 3.8) is 0 Å². The van der Waals surface area contributed by atoms with Crippen molar-refractivity contribution < 1.29 is 9.90 Å². The molecule has 0 heterocycles. The van der Waals surface area contributed by atoms with E-state index in [0.717, 1.165) is 10.5 Å². The monoisotopic (exact) mass is 329 g/mol. The average Bonchev–Trinajstić information content (AvgIpc) is 2.60. The van der Waals surface area contributed by atoms with Gasteiger partial charge < -0.3 is 10.4 Å².